The van der Waals surface area contributed by atoms with Gasteiger partial charge in [-0.25, -0.2) is 0 Å². The van der Waals surface area contributed by atoms with Crippen molar-refractivity contribution in [2.24, 2.45) is 5.92 Å². The van der Waals surface area contributed by atoms with E-state index in [4.69, 9.17) is 0 Å². The quantitative estimate of drug-likeness (QED) is 0.880. The first-order valence-electron chi connectivity index (χ1n) is 5.87. The summed E-state index contributed by atoms with van der Waals surface area (Å²) in [5.74, 6) is 0.390. The molecule has 1 saturated heterocycles. The van der Waals surface area contributed by atoms with Crippen molar-refractivity contribution < 1.29 is 4.79 Å². The maximum absolute atomic E-state index is 11.8. The van der Waals surface area contributed by atoms with Gasteiger partial charge in [0.2, 0.25) is 5.91 Å². The molecule has 1 amide bonds. The van der Waals surface area contributed by atoms with Crippen LogP contribution in [0.25, 0.3) is 0 Å². The zero-order chi connectivity index (χ0) is 11.2. The molecule has 0 bridgehead atoms. The predicted octanol–water partition coefficient (Wildman–Crippen LogP) is 1.83. The van der Waals surface area contributed by atoms with E-state index in [0.717, 1.165) is 38.9 Å². The van der Waals surface area contributed by atoms with Gasteiger partial charge in [0.05, 0.1) is 5.92 Å². The topological polar surface area (TPSA) is 41.1 Å². The van der Waals surface area contributed by atoms with Gasteiger partial charge < -0.3 is 10.6 Å². The third-order valence-electron chi connectivity index (χ3n) is 2.92. The van der Waals surface area contributed by atoms with E-state index >= 15 is 0 Å². The Bertz CT molecular complexity index is 323. The van der Waals surface area contributed by atoms with E-state index in [0.29, 0.717) is 0 Å². The monoisotopic (exact) mass is 274 g/mol. The van der Waals surface area contributed by atoms with Gasteiger partial charge in [-0.1, -0.05) is 6.07 Å². The Labute approximate surface area is 112 Å². The van der Waals surface area contributed by atoms with Crippen molar-refractivity contribution in [3.63, 3.8) is 0 Å². The molecule has 0 aliphatic carbocycles. The smallest absolute Gasteiger partial charge is 0.224 e. The lowest BCUT2D eigenvalue weighted by atomic mass is 9.99. The van der Waals surface area contributed by atoms with E-state index in [1.54, 1.807) is 11.3 Å². The molecule has 1 fully saturated rings. The Balaban J connectivity index is 0.00000144. The first-order chi connectivity index (χ1) is 7.86. The molecule has 3 nitrogen and oxygen atoms in total. The van der Waals surface area contributed by atoms with Crippen LogP contribution in [0.1, 0.15) is 17.7 Å². The summed E-state index contributed by atoms with van der Waals surface area (Å²) in [4.78, 5) is 13.1. The number of hydrogen-bond donors (Lipinski definition) is 2. The SMILES string of the molecule is Cl.O=C(NCCc1cccs1)[C@@H]1CCCNC1. The number of rotatable bonds is 4. The third-order valence-corrected chi connectivity index (χ3v) is 3.85. The van der Waals surface area contributed by atoms with Crippen LogP contribution in [0, 0.1) is 5.92 Å². The number of nitrogens with one attached hydrogen (secondary N) is 2. The number of carbonyl (C=O) groups excluding carboxylic acids is 1. The molecule has 2 heterocycles. The molecule has 96 valence electrons. The highest BCUT2D eigenvalue weighted by Crippen LogP contribution is 2.10. The normalized spacial score (nSPS) is 19.4. The molecule has 1 aliphatic heterocycles. The minimum atomic E-state index is 0. The van der Waals surface area contributed by atoms with Gasteiger partial charge >= 0.3 is 0 Å². The number of piperidine rings is 1. The van der Waals surface area contributed by atoms with Gasteiger partial charge in [-0.05, 0) is 37.3 Å². The molecule has 1 aliphatic rings. The Hall–Kier alpha value is -0.580. The summed E-state index contributed by atoms with van der Waals surface area (Å²) in [6, 6.07) is 4.16. The molecule has 0 aromatic carbocycles. The second-order valence-corrected chi connectivity index (χ2v) is 5.20. The summed E-state index contributed by atoms with van der Waals surface area (Å²) in [7, 11) is 0. The summed E-state index contributed by atoms with van der Waals surface area (Å²) in [5, 5.41) is 8.35. The molecule has 2 N–H and O–H groups in total. The van der Waals surface area contributed by atoms with E-state index in [1.165, 1.54) is 4.88 Å². The maximum atomic E-state index is 11.8. The first-order valence-corrected chi connectivity index (χ1v) is 6.75. The molecular formula is C12H19ClN2OS. The van der Waals surface area contributed by atoms with Crippen LogP contribution < -0.4 is 10.6 Å². The van der Waals surface area contributed by atoms with E-state index < -0.39 is 0 Å². The number of thiophene rings is 1. The Morgan fingerprint density at radius 1 is 1.59 bits per heavy atom. The minimum Gasteiger partial charge on any atom is -0.355 e. The Morgan fingerprint density at radius 2 is 2.47 bits per heavy atom. The molecule has 1 aromatic rings. The van der Waals surface area contributed by atoms with Crippen LogP contribution in [0.3, 0.4) is 0 Å². The highest BCUT2D eigenvalue weighted by molar-refractivity contribution is 7.09. The number of carbonyl (C=O) groups is 1. The highest BCUT2D eigenvalue weighted by Gasteiger charge is 2.19. The van der Waals surface area contributed by atoms with E-state index in [-0.39, 0.29) is 24.2 Å². The average molecular weight is 275 g/mol. The summed E-state index contributed by atoms with van der Waals surface area (Å²) in [6.07, 6.45) is 3.09. The van der Waals surface area contributed by atoms with Crippen LogP contribution in [0.2, 0.25) is 0 Å². The van der Waals surface area contributed by atoms with E-state index in [2.05, 4.69) is 22.1 Å². The summed E-state index contributed by atoms with van der Waals surface area (Å²) in [6.45, 7) is 2.65. The number of hydrogen-bond acceptors (Lipinski definition) is 3. The zero-order valence-corrected chi connectivity index (χ0v) is 11.4. The van der Waals surface area contributed by atoms with Gasteiger partial charge in [0.1, 0.15) is 0 Å². The summed E-state index contributed by atoms with van der Waals surface area (Å²) >= 11 is 1.75. The fourth-order valence-electron chi connectivity index (χ4n) is 1.98. The standard InChI is InChI=1S/C12H18N2OS.ClH/c15-12(10-3-1-6-13-9-10)14-7-5-11-4-2-8-16-11;/h2,4,8,10,13H,1,3,5-7,9H2,(H,14,15);1H/t10-;/m1./s1. The van der Waals surface area contributed by atoms with Gasteiger partial charge in [-0.3, -0.25) is 4.79 Å². The number of halogens is 1. The molecule has 17 heavy (non-hydrogen) atoms. The molecule has 1 aromatic heterocycles. The van der Waals surface area contributed by atoms with Crippen molar-refractivity contribution in [2.45, 2.75) is 19.3 Å². The van der Waals surface area contributed by atoms with Crippen molar-refractivity contribution in [2.75, 3.05) is 19.6 Å². The van der Waals surface area contributed by atoms with Crippen molar-refractivity contribution in [3.8, 4) is 0 Å². The molecule has 0 saturated carbocycles. The second kappa shape index (κ2) is 7.69. The minimum absolute atomic E-state index is 0. The maximum Gasteiger partial charge on any atom is 0.224 e. The fourth-order valence-corrected chi connectivity index (χ4v) is 2.69. The Morgan fingerprint density at radius 3 is 3.12 bits per heavy atom. The van der Waals surface area contributed by atoms with E-state index in [9.17, 15) is 4.79 Å². The molecule has 0 radical (unpaired) electrons. The van der Waals surface area contributed by atoms with Gasteiger partial charge in [-0.2, -0.15) is 0 Å². The zero-order valence-electron chi connectivity index (χ0n) is 9.78. The first kappa shape index (κ1) is 14.5. The largest absolute Gasteiger partial charge is 0.355 e. The lowest BCUT2D eigenvalue weighted by Gasteiger charge is -2.21. The van der Waals surface area contributed by atoms with Crippen molar-refractivity contribution in [1.29, 1.82) is 0 Å². The van der Waals surface area contributed by atoms with Crippen LogP contribution in [-0.4, -0.2) is 25.5 Å². The highest BCUT2D eigenvalue weighted by atomic mass is 35.5. The fraction of sp³-hybridized carbons (Fsp3) is 0.583. The van der Waals surface area contributed by atoms with Crippen LogP contribution in [-0.2, 0) is 11.2 Å². The molecule has 0 spiro atoms. The molecule has 0 unspecified atom stereocenters. The summed E-state index contributed by atoms with van der Waals surface area (Å²) < 4.78 is 0. The molecular weight excluding hydrogens is 256 g/mol. The number of amides is 1. The molecule has 1 atom stereocenters. The van der Waals surface area contributed by atoms with Gasteiger partial charge in [0, 0.05) is 18.0 Å². The van der Waals surface area contributed by atoms with Crippen molar-refractivity contribution in [1.82, 2.24) is 10.6 Å². The van der Waals surface area contributed by atoms with Crippen molar-refractivity contribution >= 4 is 29.7 Å². The Kier molecular flexibility index (Phi) is 6.55. The van der Waals surface area contributed by atoms with Crippen molar-refractivity contribution in [3.05, 3.63) is 22.4 Å². The average Bonchev–Trinajstić information content (AvgIpc) is 2.83. The molecule has 2 rings (SSSR count). The molecule has 5 heteroatoms. The second-order valence-electron chi connectivity index (χ2n) is 4.16. The lowest BCUT2D eigenvalue weighted by Crippen LogP contribution is -2.41. The van der Waals surface area contributed by atoms with Gasteiger partial charge in [0.15, 0.2) is 0 Å². The van der Waals surface area contributed by atoms with Crippen LogP contribution in [0.4, 0.5) is 0 Å². The van der Waals surface area contributed by atoms with Gasteiger partial charge in [-0.15, -0.1) is 23.7 Å². The van der Waals surface area contributed by atoms with Crippen LogP contribution in [0.15, 0.2) is 17.5 Å². The lowest BCUT2D eigenvalue weighted by molar-refractivity contribution is -0.125. The third kappa shape index (κ3) is 4.66. The van der Waals surface area contributed by atoms with Crippen LogP contribution >= 0.6 is 23.7 Å². The van der Waals surface area contributed by atoms with Gasteiger partial charge in [0.25, 0.3) is 0 Å². The van der Waals surface area contributed by atoms with Crippen LogP contribution in [0.5, 0.6) is 0 Å². The van der Waals surface area contributed by atoms with E-state index in [1.807, 2.05) is 6.07 Å². The summed E-state index contributed by atoms with van der Waals surface area (Å²) in [5.41, 5.74) is 0. The predicted molar refractivity (Wildman–Crippen MR) is 73.9 cm³/mol.